The minimum Gasteiger partial charge on any atom is -0.353 e. The number of rotatable bonds is 9. The molecule has 0 amide bonds. The van der Waals surface area contributed by atoms with E-state index in [2.05, 4.69) is 0 Å². The molecule has 2 aromatic rings. The maximum absolute atomic E-state index is 13.0. The first-order chi connectivity index (χ1) is 11.3. The van der Waals surface area contributed by atoms with Crippen LogP contribution >= 0.6 is 0 Å². The van der Waals surface area contributed by atoms with Gasteiger partial charge in [0.2, 0.25) is 0 Å². The van der Waals surface area contributed by atoms with E-state index >= 15 is 0 Å². The zero-order valence-corrected chi connectivity index (χ0v) is 13.8. The topological polar surface area (TPSA) is 35.5 Å². The predicted octanol–water partition coefficient (Wildman–Crippen LogP) is 4.44. The zero-order chi connectivity index (χ0) is 16.5. The number of hydrogen-bond donors (Lipinski definition) is 0. The van der Waals surface area contributed by atoms with Crippen LogP contribution in [-0.2, 0) is 9.47 Å². The van der Waals surface area contributed by atoms with Gasteiger partial charge in [-0.1, -0.05) is 60.7 Å². The summed E-state index contributed by atoms with van der Waals surface area (Å²) >= 11 is 0. The SMILES string of the molecule is CCOC(CC(C(=O)c1ccccc1)c1ccccc1)OCC. The van der Waals surface area contributed by atoms with Crippen LogP contribution in [0.4, 0.5) is 0 Å². The molecule has 0 aliphatic rings. The van der Waals surface area contributed by atoms with Crippen LogP contribution in [0, 0.1) is 0 Å². The van der Waals surface area contributed by atoms with Gasteiger partial charge < -0.3 is 9.47 Å². The Bertz CT molecular complexity index is 574. The zero-order valence-electron chi connectivity index (χ0n) is 13.8. The molecule has 122 valence electrons. The number of ketones is 1. The smallest absolute Gasteiger partial charge is 0.170 e. The quantitative estimate of drug-likeness (QED) is 0.507. The Hall–Kier alpha value is -1.97. The van der Waals surface area contributed by atoms with Crippen LogP contribution in [0.25, 0.3) is 0 Å². The van der Waals surface area contributed by atoms with Gasteiger partial charge in [-0.2, -0.15) is 0 Å². The maximum Gasteiger partial charge on any atom is 0.170 e. The van der Waals surface area contributed by atoms with E-state index in [1.165, 1.54) is 0 Å². The van der Waals surface area contributed by atoms with Crippen molar-refractivity contribution in [2.24, 2.45) is 0 Å². The summed E-state index contributed by atoms with van der Waals surface area (Å²) in [6, 6.07) is 19.2. The van der Waals surface area contributed by atoms with Crippen LogP contribution in [0.2, 0.25) is 0 Å². The molecular weight excluding hydrogens is 288 g/mol. The van der Waals surface area contributed by atoms with E-state index < -0.39 is 0 Å². The molecular formula is C20H24O3. The molecule has 1 unspecified atom stereocenters. The number of hydrogen-bond acceptors (Lipinski definition) is 3. The monoisotopic (exact) mass is 312 g/mol. The van der Waals surface area contributed by atoms with E-state index in [9.17, 15) is 4.79 Å². The van der Waals surface area contributed by atoms with Crippen molar-refractivity contribution in [1.82, 2.24) is 0 Å². The summed E-state index contributed by atoms with van der Waals surface area (Å²) in [6.07, 6.45) is 0.141. The van der Waals surface area contributed by atoms with Gasteiger partial charge in [0.05, 0.1) is 5.92 Å². The highest BCUT2D eigenvalue weighted by molar-refractivity contribution is 6.00. The average Bonchev–Trinajstić information content (AvgIpc) is 2.61. The number of Topliss-reactive ketones (excluding diaryl/α,β-unsaturated/α-hetero) is 1. The van der Waals surface area contributed by atoms with Gasteiger partial charge in [-0.25, -0.2) is 0 Å². The molecule has 0 aromatic heterocycles. The molecule has 0 aliphatic carbocycles. The van der Waals surface area contributed by atoms with Crippen molar-refractivity contribution < 1.29 is 14.3 Å². The Morgan fingerprint density at radius 2 is 1.39 bits per heavy atom. The van der Waals surface area contributed by atoms with Gasteiger partial charge in [0, 0.05) is 25.2 Å². The first-order valence-electron chi connectivity index (χ1n) is 8.13. The van der Waals surface area contributed by atoms with Crippen molar-refractivity contribution in [3.63, 3.8) is 0 Å². The standard InChI is InChI=1S/C20H24O3/c1-3-22-19(23-4-2)15-18(16-11-7-5-8-12-16)20(21)17-13-9-6-10-14-17/h5-14,18-19H,3-4,15H2,1-2H3. The molecule has 1 atom stereocenters. The van der Waals surface area contributed by atoms with Crippen molar-refractivity contribution in [3.05, 3.63) is 71.8 Å². The summed E-state index contributed by atoms with van der Waals surface area (Å²) in [6.45, 7) is 4.99. The fourth-order valence-electron chi connectivity index (χ4n) is 2.63. The van der Waals surface area contributed by atoms with Crippen molar-refractivity contribution >= 4 is 5.78 Å². The molecule has 0 radical (unpaired) electrons. The first kappa shape index (κ1) is 17.4. The third kappa shape index (κ3) is 5.02. The molecule has 2 aromatic carbocycles. The van der Waals surface area contributed by atoms with Gasteiger partial charge in [0.15, 0.2) is 12.1 Å². The third-order valence-electron chi connectivity index (χ3n) is 3.71. The van der Waals surface area contributed by atoms with Gasteiger partial charge >= 0.3 is 0 Å². The van der Waals surface area contributed by atoms with Crippen molar-refractivity contribution in [2.45, 2.75) is 32.5 Å². The van der Waals surface area contributed by atoms with E-state index in [-0.39, 0.29) is 18.0 Å². The van der Waals surface area contributed by atoms with Gasteiger partial charge in [0.25, 0.3) is 0 Å². The second kappa shape index (κ2) is 9.23. The molecule has 0 bridgehead atoms. The summed E-state index contributed by atoms with van der Waals surface area (Å²) in [4.78, 5) is 13.0. The lowest BCUT2D eigenvalue weighted by molar-refractivity contribution is -0.140. The molecule has 0 spiro atoms. The molecule has 2 rings (SSSR count). The summed E-state index contributed by atoms with van der Waals surface area (Å²) in [5.74, 6) is -0.178. The number of ether oxygens (including phenoxy) is 2. The van der Waals surface area contributed by atoms with E-state index in [4.69, 9.17) is 9.47 Å². The van der Waals surface area contributed by atoms with Gasteiger partial charge in [-0.15, -0.1) is 0 Å². The van der Waals surface area contributed by atoms with Crippen LogP contribution < -0.4 is 0 Å². The maximum atomic E-state index is 13.0. The Balaban J connectivity index is 2.26. The lowest BCUT2D eigenvalue weighted by atomic mass is 9.88. The summed E-state index contributed by atoms with van der Waals surface area (Å²) in [5, 5.41) is 0. The van der Waals surface area contributed by atoms with Gasteiger partial charge in [-0.3, -0.25) is 4.79 Å². The van der Waals surface area contributed by atoms with E-state index in [0.717, 1.165) is 5.56 Å². The van der Waals surface area contributed by atoms with Crippen LogP contribution in [-0.4, -0.2) is 25.3 Å². The molecule has 0 aliphatic heterocycles. The predicted molar refractivity (Wildman–Crippen MR) is 91.6 cm³/mol. The normalized spacial score (nSPS) is 12.3. The molecule has 0 N–H and O–H groups in total. The third-order valence-corrected chi connectivity index (χ3v) is 3.71. The second-order valence-electron chi connectivity index (χ2n) is 5.27. The molecule has 3 heteroatoms. The molecule has 23 heavy (non-hydrogen) atoms. The van der Waals surface area contributed by atoms with Crippen molar-refractivity contribution in [3.8, 4) is 0 Å². The minimum absolute atomic E-state index is 0.0983. The molecule has 0 saturated carbocycles. The highest BCUT2D eigenvalue weighted by Gasteiger charge is 2.26. The number of benzene rings is 2. The van der Waals surface area contributed by atoms with Crippen molar-refractivity contribution in [2.75, 3.05) is 13.2 Å². The molecule has 0 fully saturated rings. The molecule has 3 nitrogen and oxygen atoms in total. The first-order valence-corrected chi connectivity index (χ1v) is 8.13. The van der Waals surface area contributed by atoms with E-state index in [0.29, 0.717) is 25.2 Å². The van der Waals surface area contributed by atoms with Crippen LogP contribution in [0.3, 0.4) is 0 Å². The van der Waals surface area contributed by atoms with E-state index in [1.807, 2.05) is 74.5 Å². The Kier molecular flexibility index (Phi) is 6.98. The number of carbonyl (C=O) groups excluding carboxylic acids is 1. The van der Waals surface area contributed by atoms with E-state index in [1.54, 1.807) is 0 Å². The fraction of sp³-hybridized carbons (Fsp3) is 0.350. The highest BCUT2D eigenvalue weighted by Crippen LogP contribution is 2.27. The Morgan fingerprint density at radius 3 is 1.91 bits per heavy atom. The molecule has 0 heterocycles. The molecule has 0 saturated heterocycles. The largest absolute Gasteiger partial charge is 0.353 e. The highest BCUT2D eigenvalue weighted by atomic mass is 16.7. The Morgan fingerprint density at radius 1 is 0.870 bits per heavy atom. The van der Waals surface area contributed by atoms with Gasteiger partial charge in [0.1, 0.15) is 0 Å². The lowest BCUT2D eigenvalue weighted by Gasteiger charge is -2.23. The Labute approximate surface area is 138 Å². The fourth-order valence-corrected chi connectivity index (χ4v) is 2.63. The average molecular weight is 312 g/mol. The summed E-state index contributed by atoms with van der Waals surface area (Å²) in [5.41, 5.74) is 1.71. The second-order valence-corrected chi connectivity index (χ2v) is 5.27. The lowest BCUT2D eigenvalue weighted by Crippen LogP contribution is -2.24. The van der Waals surface area contributed by atoms with Crippen LogP contribution in [0.15, 0.2) is 60.7 Å². The summed E-state index contributed by atoms with van der Waals surface area (Å²) < 4.78 is 11.3. The van der Waals surface area contributed by atoms with Crippen LogP contribution in [0.1, 0.15) is 42.1 Å². The number of carbonyl (C=O) groups is 1. The summed E-state index contributed by atoms with van der Waals surface area (Å²) in [7, 11) is 0. The van der Waals surface area contributed by atoms with Crippen LogP contribution in [0.5, 0.6) is 0 Å². The minimum atomic E-state index is -0.372. The van der Waals surface area contributed by atoms with Crippen molar-refractivity contribution in [1.29, 1.82) is 0 Å². The van der Waals surface area contributed by atoms with Gasteiger partial charge in [-0.05, 0) is 19.4 Å².